The average Bonchev–Trinajstić information content (AvgIpc) is 2.44. The van der Waals surface area contributed by atoms with Gasteiger partial charge in [-0.1, -0.05) is 25.1 Å². The van der Waals surface area contributed by atoms with Gasteiger partial charge in [-0.05, 0) is 25.5 Å². The summed E-state index contributed by atoms with van der Waals surface area (Å²) < 4.78 is 5.68. The Balaban J connectivity index is 2.37. The van der Waals surface area contributed by atoms with E-state index in [4.69, 9.17) is 4.74 Å². The zero-order chi connectivity index (χ0) is 13.9. The molecule has 0 spiro atoms. The molecule has 4 nitrogen and oxygen atoms in total. The third-order valence-corrected chi connectivity index (χ3v) is 2.62. The van der Waals surface area contributed by atoms with Crippen LogP contribution in [0.5, 0.6) is 5.75 Å². The molecule has 0 radical (unpaired) electrons. The van der Waals surface area contributed by atoms with Crippen LogP contribution in [0, 0.1) is 0 Å². The summed E-state index contributed by atoms with van der Waals surface area (Å²) in [6.07, 6.45) is 1.06. The number of para-hydroxylation sites is 1. The zero-order valence-electron chi connectivity index (χ0n) is 12.2. The van der Waals surface area contributed by atoms with Crippen molar-refractivity contribution in [1.29, 1.82) is 0 Å². The molecule has 1 aromatic rings. The number of hydrogen-bond acceptors (Lipinski definition) is 2. The summed E-state index contributed by atoms with van der Waals surface area (Å²) in [6.45, 7) is 7.40. The summed E-state index contributed by atoms with van der Waals surface area (Å²) in [7, 11) is 2.03. The van der Waals surface area contributed by atoms with Gasteiger partial charge < -0.3 is 15.0 Å². The van der Waals surface area contributed by atoms with Crippen molar-refractivity contribution in [2.24, 2.45) is 4.99 Å². The molecule has 0 aromatic heterocycles. The van der Waals surface area contributed by atoms with Crippen molar-refractivity contribution in [1.82, 2.24) is 10.2 Å². The summed E-state index contributed by atoms with van der Waals surface area (Å²) in [4.78, 5) is 6.63. The Kier molecular flexibility index (Phi) is 7.47. The molecule has 1 rings (SSSR count). The van der Waals surface area contributed by atoms with E-state index in [1.807, 2.05) is 37.4 Å². The van der Waals surface area contributed by atoms with E-state index in [-0.39, 0.29) is 0 Å². The summed E-state index contributed by atoms with van der Waals surface area (Å²) in [6, 6.07) is 9.88. The van der Waals surface area contributed by atoms with Crippen molar-refractivity contribution in [2.75, 3.05) is 33.3 Å². The maximum Gasteiger partial charge on any atom is 0.193 e. The quantitative estimate of drug-likeness (QED) is 0.606. The molecule has 0 aliphatic rings. The number of benzene rings is 1. The second kappa shape index (κ2) is 9.25. The Labute approximate surface area is 116 Å². The van der Waals surface area contributed by atoms with Gasteiger partial charge in [0, 0.05) is 20.1 Å². The predicted octanol–water partition coefficient (Wildman–Crippen LogP) is 2.37. The van der Waals surface area contributed by atoms with Crippen molar-refractivity contribution >= 4 is 5.96 Å². The number of nitrogens with one attached hydrogen (secondary N) is 1. The molecular formula is C15H25N3O. The first-order chi connectivity index (χ1) is 9.27. The molecule has 0 aliphatic carbocycles. The lowest BCUT2D eigenvalue weighted by molar-refractivity contribution is 0.281. The molecule has 0 atom stereocenters. The van der Waals surface area contributed by atoms with Crippen LogP contribution in [-0.2, 0) is 0 Å². The Hall–Kier alpha value is -1.71. The van der Waals surface area contributed by atoms with Gasteiger partial charge in [-0.3, -0.25) is 4.99 Å². The van der Waals surface area contributed by atoms with Crippen LogP contribution in [0.25, 0.3) is 0 Å². The molecule has 19 heavy (non-hydrogen) atoms. The lowest BCUT2D eigenvalue weighted by Gasteiger charge is -2.22. The highest BCUT2D eigenvalue weighted by Crippen LogP contribution is 2.07. The minimum absolute atomic E-state index is 0.650. The van der Waals surface area contributed by atoms with Gasteiger partial charge in [0.2, 0.25) is 0 Å². The zero-order valence-corrected chi connectivity index (χ0v) is 12.2. The van der Waals surface area contributed by atoms with Crippen molar-refractivity contribution in [3.63, 3.8) is 0 Å². The van der Waals surface area contributed by atoms with Crippen LogP contribution in [0.15, 0.2) is 35.3 Å². The largest absolute Gasteiger partial charge is 0.492 e. The van der Waals surface area contributed by atoms with E-state index in [0.29, 0.717) is 6.61 Å². The van der Waals surface area contributed by atoms with Gasteiger partial charge >= 0.3 is 0 Å². The standard InChI is InChI=1S/C15H25N3O/c1-4-11-17-15(16-5-2)18(3)12-13-19-14-9-7-6-8-10-14/h6-10H,4-5,11-13H2,1-3H3,(H,16,17). The second-order valence-corrected chi connectivity index (χ2v) is 4.32. The maximum atomic E-state index is 5.68. The average molecular weight is 263 g/mol. The number of aliphatic imine (C=N–C) groups is 1. The lowest BCUT2D eigenvalue weighted by Crippen LogP contribution is -2.41. The van der Waals surface area contributed by atoms with Crippen molar-refractivity contribution in [2.45, 2.75) is 20.3 Å². The highest BCUT2D eigenvalue weighted by molar-refractivity contribution is 5.79. The fraction of sp³-hybridized carbons (Fsp3) is 0.533. The van der Waals surface area contributed by atoms with E-state index in [2.05, 4.69) is 29.1 Å². The fourth-order valence-electron chi connectivity index (χ4n) is 1.61. The van der Waals surface area contributed by atoms with Gasteiger partial charge in [0.05, 0.1) is 6.54 Å². The minimum atomic E-state index is 0.650. The van der Waals surface area contributed by atoms with Crippen LogP contribution in [0.3, 0.4) is 0 Å². The summed E-state index contributed by atoms with van der Waals surface area (Å²) in [5, 5.41) is 3.29. The molecule has 0 bridgehead atoms. The number of hydrogen-bond donors (Lipinski definition) is 1. The molecule has 1 N–H and O–H groups in total. The number of ether oxygens (including phenoxy) is 1. The van der Waals surface area contributed by atoms with Crippen LogP contribution in [0.2, 0.25) is 0 Å². The molecule has 1 aromatic carbocycles. The van der Waals surface area contributed by atoms with Gasteiger partial charge in [-0.2, -0.15) is 0 Å². The Bertz CT molecular complexity index is 365. The Morgan fingerprint density at radius 3 is 2.63 bits per heavy atom. The van der Waals surface area contributed by atoms with E-state index in [1.165, 1.54) is 0 Å². The van der Waals surface area contributed by atoms with Crippen LogP contribution in [-0.4, -0.2) is 44.1 Å². The first-order valence-electron chi connectivity index (χ1n) is 6.95. The first-order valence-corrected chi connectivity index (χ1v) is 6.95. The molecular weight excluding hydrogens is 238 g/mol. The van der Waals surface area contributed by atoms with E-state index >= 15 is 0 Å². The minimum Gasteiger partial charge on any atom is -0.492 e. The van der Waals surface area contributed by atoms with E-state index in [0.717, 1.165) is 37.8 Å². The van der Waals surface area contributed by atoms with Crippen LogP contribution in [0.1, 0.15) is 20.3 Å². The van der Waals surface area contributed by atoms with Gasteiger partial charge in [-0.25, -0.2) is 0 Å². The molecule has 0 aliphatic heterocycles. The number of likely N-dealkylation sites (N-methyl/N-ethyl adjacent to an activating group) is 1. The number of nitrogens with zero attached hydrogens (tertiary/aromatic N) is 2. The Morgan fingerprint density at radius 1 is 1.26 bits per heavy atom. The van der Waals surface area contributed by atoms with Crippen LogP contribution < -0.4 is 10.1 Å². The Morgan fingerprint density at radius 2 is 2.00 bits per heavy atom. The normalized spacial score (nSPS) is 11.2. The summed E-state index contributed by atoms with van der Waals surface area (Å²) in [5.74, 6) is 1.85. The number of rotatable bonds is 7. The SMILES string of the molecule is CCCN=C(NCC)N(C)CCOc1ccccc1. The summed E-state index contributed by atoms with van der Waals surface area (Å²) >= 11 is 0. The molecule has 4 heteroatoms. The third-order valence-electron chi connectivity index (χ3n) is 2.62. The molecule has 0 fully saturated rings. The van der Waals surface area contributed by atoms with Gasteiger partial charge in [0.1, 0.15) is 12.4 Å². The highest BCUT2D eigenvalue weighted by atomic mass is 16.5. The fourth-order valence-corrected chi connectivity index (χ4v) is 1.61. The summed E-state index contributed by atoms with van der Waals surface area (Å²) in [5.41, 5.74) is 0. The molecule has 106 valence electrons. The van der Waals surface area contributed by atoms with E-state index < -0.39 is 0 Å². The smallest absolute Gasteiger partial charge is 0.193 e. The molecule has 0 saturated heterocycles. The van der Waals surface area contributed by atoms with Gasteiger partial charge in [-0.15, -0.1) is 0 Å². The van der Waals surface area contributed by atoms with Gasteiger partial charge in [0.15, 0.2) is 5.96 Å². The highest BCUT2D eigenvalue weighted by Gasteiger charge is 2.04. The molecule has 0 unspecified atom stereocenters. The van der Waals surface area contributed by atoms with Crippen LogP contribution >= 0.6 is 0 Å². The van der Waals surface area contributed by atoms with Crippen molar-refractivity contribution < 1.29 is 4.74 Å². The monoisotopic (exact) mass is 263 g/mol. The van der Waals surface area contributed by atoms with Crippen LogP contribution in [0.4, 0.5) is 0 Å². The topological polar surface area (TPSA) is 36.9 Å². The lowest BCUT2D eigenvalue weighted by atomic mass is 10.3. The molecule has 0 heterocycles. The molecule has 0 amide bonds. The third kappa shape index (κ3) is 6.13. The van der Waals surface area contributed by atoms with Crippen molar-refractivity contribution in [3.05, 3.63) is 30.3 Å². The van der Waals surface area contributed by atoms with Crippen molar-refractivity contribution in [3.8, 4) is 5.75 Å². The van der Waals surface area contributed by atoms with Gasteiger partial charge in [0.25, 0.3) is 0 Å². The maximum absolute atomic E-state index is 5.68. The predicted molar refractivity (Wildman–Crippen MR) is 80.8 cm³/mol. The van der Waals surface area contributed by atoms with E-state index in [1.54, 1.807) is 0 Å². The van der Waals surface area contributed by atoms with E-state index in [9.17, 15) is 0 Å². The second-order valence-electron chi connectivity index (χ2n) is 4.32. The molecule has 0 saturated carbocycles. The first kappa shape index (κ1) is 15.3. The number of guanidine groups is 1.